The van der Waals surface area contributed by atoms with Gasteiger partial charge in [-0.15, -0.1) is 0 Å². The molecule has 7 heavy (non-hydrogen) atoms. The van der Waals surface area contributed by atoms with E-state index in [0.29, 0.717) is 0 Å². The summed E-state index contributed by atoms with van der Waals surface area (Å²) in [6.07, 6.45) is 0. The predicted octanol–water partition coefficient (Wildman–Crippen LogP) is -15.0. The molecule has 0 saturated carbocycles. The van der Waals surface area contributed by atoms with Crippen molar-refractivity contribution in [2.45, 2.75) is 0 Å². The van der Waals surface area contributed by atoms with Gasteiger partial charge in [-0.3, -0.25) is 0 Å². The van der Waals surface area contributed by atoms with E-state index in [1.54, 1.807) is 0 Å². The number of halogens is 5. The molecule has 0 spiro atoms. The van der Waals surface area contributed by atoms with Gasteiger partial charge in [-0.1, -0.05) is 0 Å². The summed E-state index contributed by atoms with van der Waals surface area (Å²) < 4.78 is 0. The van der Waals surface area contributed by atoms with Crippen molar-refractivity contribution in [3.05, 3.63) is 0 Å². The number of rotatable bonds is 0. The smallest absolute Gasteiger partial charge is 1.00 e. The Balaban J connectivity index is 0. The Morgan fingerprint density at radius 1 is 0.429 bits per heavy atom. The van der Waals surface area contributed by atoms with Crippen LogP contribution in [0, 0.1) is 0 Å². The molecule has 0 aliphatic heterocycles. The molecule has 0 nitrogen and oxygen atoms in total. The van der Waals surface area contributed by atoms with Crippen molar-refractivity contribution in [1.29, 1.82) is 0 Å². The van der Waals surface area contributed by atoms with Crippen LogP contribution in [0.3, 0.4) is 0 Å². The maximum atomic E-state index is 0. The van der Waals surface area contributed by atoms with Crippen LogP contribution in [0.5, 0.6) is 0 Å². The zero-order valence-corrected chi connectivity index (χ0v) is 5.13. The number of hydrogen-bond acceptors (Lipinski definition) is 0. The topological polar surface area (TPSA) is 0 Å². The average molecular weight is 202 g/mol. The molecular weight excluding hydrogens is 202 g/mol. The van der Waals surface area contributed by atoms with Gasteiger partial charge in [0.05, 0.1) is 0 Å². The zero-order chi connectivity index (χ0) is 0. The summed E-state index contributed by atoms with van der Waals surface area (Å²) in [5, 5.41) is 0. The molecule has 0 atom stereocenters. The van der Waals surface area contributed by atoms with E-state index in [2.05, 4.69) is 0 Å². The quantitative estimate of drug-likeness (QED) is 0.270. The largest absolute Gasteiger partial charge is 3.00 e. The van der Waals surface area contributed by atoms with Crippen molar-refractivity contribution >= 4 is 0 Å². The molecule has 0 bridgehead atoms. The Morgan fingerprint density at radius 2 is 0.429 bits per heavy atom. The number of hydrogen-bond donors (Lipinski definition) is 0. The molecule has 0 aromatic rings. The van der Waals surface area contributed by atoms with E-state index in [1.807, 2.05) is 0 Å². The van der Waals surface area contributed by atoms with E-state index in [4.69, 9.17) is 0 Å². The second kappa shape index (κ2) is 442. The fourth-order valence-electron chi connectivity index (χ4n) is 0. The molecule has 0 saturated heterocycles. The summed E-state index contributed by atoms with van der Waals surface area (Å²) >= 11 is 0. The Morgan fingerprint density at radius 3 is 0.429 bits per heavy atom. The van der Waals surface area contributed by atoms with Crippen molar-refractivity contribution < 1.29 is 58.0 Å². The van der Waals surface area contributed by atoms with Crippen LogP contribution in [0.25, 0.3) is 0 Å². The van der Waals surface area contributed by atoms with Gasteiger partial charge in [0.1, 0.15) is 0 Å². The van der Waals surface area contributed by atoms with E-state index >= 15 is 0 Å². The maximum absolute atomic E-state index is 0. The van der Waals surface area contributed by atoms with Crippen molar-refractivity contribution in [2.75, 3.05) is 0 Å². The molecule has 0 aromatic carbocycles. The molecule has 0 aliphatic rings. The molecule has 0 aromatic heterocycles. The molecule has 0 aliphatic carbocycles. The Bertz CT molecular complexity index is 8.04. The van der Waals surface area contributed by atoms with Crippen LogP contribution in [-0.4, -0.2) is 0 Å². The van der Waals surface area contributed by atoms with Crippen LogP contribution in [0.15, 0.2) is 0 Å². The Kier molecular flexibility index (Phi) is 44400. The van der Waals surface area contributed by atoms with Gasteiger partial charge in [-0.25, -0.2) is 0 Å². The minimum Gasteiger partial charge on any atom is -1.00 e. The van der Waals surface area contributed by atoms with Crippen molar-refractivity contribution in [1.82, 2.24) is 0 Å². The van der Waals surface area contributed by atoms with Crippen LogP contribution >= 0.6 is 0 Å². The normalized spacial score (nSPS) is 0. The van der Waals surface area contributed by atoms with Crippen LogP contribution in [0.1, 0.15) is 0 Å². The average Bonchev–Trinajstić information content (AvgIpc) is 0. The first-order valence-electron chi connectivity index (χ1n) is 0. The molecule has 0 amide bonds. The van der Waals surface area contributed by atoms with E-state index in [1.165, 1.54) is 0 Å². The summed E-state index contributed by atoms with van der Waals surface area (Å²) in [6.45, 7) is 0. The van der Waals surface area contributed by atoms with Gasteiger partial charge < -0.3 is 23.5 Å². The molecule has 7 heteroatoms. The van der Waals surface area contributed by atoms with Gasteiger partial charge in [-0.05, 0) is 0 Å². The SMILES string of the molecule is [Cr+3].[F-].[F-].[F-].[F-].[F-].[Mn+2]. The second-order valence-corrected chi connectivity index (χ2v) is 0. The van der Waals surface area contributed by atoms with Gasteiger partial charge in [-0.2, -0.15) is 0 Å². The third-order valence-electron chi connectivity index (χ3n) is 0. The summed E-state index contributed by atoms with van der Waals surface area (Å²) in [6, 6.07) is 0. The van der Waals surface area contributed by atoms with Crippen molar-refractivity contribution in [3.8, 4) is 0 Å². The Hall–Kier alpha value is 0.702. The van der Waals surface area contributed by atoms with Gasteiger partial charge in [0, 0.05) is 0 Å². The second-order valence-electron chi connectivity index (χ2n) is 0. The minimum atomic E-state index is 0. The third-order valence-corrected chi connectivity index (χ3v) is 0. The molecule has 0 rings (SSSR count). The van der Waals surface area contributed by atoms with Gasteiger partial charge in [0.15, 0.2) is 0 Å². The first-order chi connectivity index (χ1) is 0. The zero-order valence-electron chi connectivity index (χ0n) is 2.68. The monoisotopic (exact) mass is 202 g/mol. The molecule has 48 valence electrons. The molecule has 0 unspecified atom stereocenters. The van der Waals surface area contributed by atoms with Crippen LogP contribution in [0.4, 0.5) is 0 Å². The molecule has 0 heterocycles. The van der Waals surface area contributed by atoms with E-state index in [-0.39, 0.29) is 58.0 Å². The predicted molar refractivity (Wildman–Crippen MR) is 0 cm³/mol. The third kappa shape index (κ3) is 301. The standard InChI is InChI=1S/Cr.5FH.Mn/h;5*1H;/q+3;;;;;;+2/p-5. The van der Waals surface area contributed by atoms with E-state index in [9.17, 15) is 0 Å². The summed E-state index contributed by atoms with van der Waals surface area (Å²) in [5.41, 5.74) is 0. The fraction of sp³-hybridized carbons (Fsp3) is 0. The van der Waals surface area contributed by atoms with Crippen LogP contribution < -0.4 is 23.5 Å². The van der Waals surface area contributed by atoms with Gasteiger partial charge in [0.25, 0.3) is 0 Å². The molecular formula is CrF5Mn. The first kappa shape index (κ1) is 702. The van der Waals surface area contributed by atoms with Crippen molar-refractivity contribution in [3.63, 3.8) is 0 Å². The molecule has 0 N–H and O–H groups in total. The van der Waals surface area contributed by atoms with Crippen molar-refractivity contribution in [2.24, 2.45) is 0 Å². The molecule has 2 radical (unpaired) electrons. The van der Waals surface area contributed by atoms with Crippen LogP contribution in [0.2, 0.25) is 0 Å². The summed E-state index contributed by atoms with van der Waals surface area (Å²) in [4.78, 5) is 0. The van der Waals surface area contributed by atoms with Crippen LogP contribution in [-0.2, 0) is 34.4 Å². The van der Waals surface area contributed by atoms with Gasteiger partial charge in [0.2, 0.25) is 0 Å². The maximum Gasteiger partial charge on any atom is 3.00 e. The first-order valence-corrected chi connectivity index (χ1v) is 0. The van der Waals surface area contributed by atoms with Gasteiger partial charge >= 0.3 is 34.4 Å². The van der Waals surface area contributed by atoms with E-state index < -0.39 is 0 Å². The Labute approximate surface area is 58.5 Å². The summed E-state index contributed by atoms with van der Waals surface area (Å²) in [7, 11) is 0. The minimum absolute atomic E-state index is 0. The summed E-state index contributed by atoms with van der Waals surface area (Å²) in [5.74, 6) is 0. The fourth-order valence-corrected chi connectivity index (χ4v) is 0. The molecule has 0 fully saturated rings. The van der Waals surface area contributed by atoms with E-state index in [0.717, 1.165) is 0 Å².